The molecule has 2 heterocycles. The fourth-order valence-corrected chi connectivity index (χ4v) is 5.44. The number of benzene rings is 1. The van der Waals surface area contributed by atoms with Crippen molar-refractivity contribution in [3.63, 3.8) is 0 Å². The average molecular weight is 460 g/mol. The van der Waals surface area contributed by atoms with Gasteiger partial charge in [-0.2, -0.15) is 13.5 Å². The minimum Gasteiger partial charge on any atom is -0.369 e. The number of hydrogen-bond donors (Lipinski definition) is 3. The van der Waals surface area contributed by atoms with E-state index in [0.29, 0.717) is 23.5 Å². The number of anilines is 1. The van der Waals surface area contributed by atoms with Crippen molar-refractivity contribution < 1.29 is 8.42 Å². The molecule has 13 heteroatoms. The maximum absolute atomic E-state index is 12.8. The number of hydrogen-bond acceptors (Lipinski definition) is 6. The number of aryl methyl sites for hydroxylation is 1. The fraction of sp³-hybridized carbons (Fsp3) is 0.133. The summed E-state index contributed by atoms with van der Waals surface area (Å²) in [4.78, 5) is 4.57. The average Bonchev–Trinajstić information content (AvgIpc) is 3.25. The molecule has 0 saturated heterocycles. The number of thiazole rings is 1. The number of imidazole rings is 1. The zero-order chi connectivity index (χ0) is 19.2. The van der Waals surface area contributed by atoms with Gasteiger partial charge in [-0.3, -0.25) is 9.12 Å². The summed E-state index contributed by atoms with van der Waals surface area (Å²) in [5.74, 6) is -0.113. The molecule has 28 heavy (non-hydrogen) atoms. The van der Waals surface area contributed by atoms with Crippen molar-refractivity contribution in [1.82, 2.24) is 9.38 Å². The van der Waals surface area contributed by atoms with Crippen LogP contribution in [0.1, 0.15) is 17.5 Å². The molecule has 9 nitrogen and oxygen atoms in total. The maximum atomic E-state index is 12.8. The van der Waals surface area contributed by atoms with Gasteiger partial charge < -0.3 is 11.5 Å². The van der Waals surface area contributed by atoms with E-state index in [-0.39, 0.29) is 28.5 Å². The van der Waals surface area contributed by atoms with Crippen LogP contribution in [0, 0.1) is 0 Å². The first-order valence-corrected chi connectivity index (χ1v) is 10.5. The molecule has 0 unspecified atom stereocenters. The van der Waals surface area contributed by atoms with E-state index in [1.165, 1.54) is 15.7 Å². The van der Waals surface area contributed by atoms with Crippen molar-refractivity contribution in [2.45, 2.75) is 17.9 Å². The Labute approximate surface area is 175 Å². The quantitative estimate of drug-likeness (QED) is 0.311. The molecular formula is C15H15Cl2N7O2S2. The van der Waals surface area contributed by atoms with Crippen LogP contribution in [0.4, 0.5) is 5.69 Å². The second-order valence-electron chi connectivity index (χ2n) is 5.81. The second kappa shape index (κ2) is 7.59. The van der Waals surface area contributed by atoms with E-state index in [9.17, 15) is 8.42 Å². The van der Waals surface area contributed by atoms with Crippen molar-refractivity contribution in [3.05, 3.63) is 46.1 Å². The Kier molecular flexibility index (Phi) is 5.53. The van der Waals surface area contributed by atoms with Crippen molar-refractivity contribution in [2.24, 2.45) is 21.7 Å². The SMILES string of the molecule is Cl.NC(N)=N/N=C1\CCc2cc(NS(=O)(=O)c3c(Cl)nc4sccn34)ccc21. The Morgan fingerprint density at radius 3 is 2.86 bits per heavy atom. The van der Waals surface area contributed by atoms with E-state index in [1.807, 2.05) is 0 Å². The third-order valence-electron chi connectivity index (χ3n) is 4.02. The number of halogens is 2. The van der Waals surface area contributed by atoms with Crippen LogP contribution in [-0.2, 0) is 16.4 Å². The lowest BCUT2D eigenvalue weighted by molar-refractivity contribution is 0.596. The first-order chi connectivity index (χ1) is 12.8. The summed E-state index contributed by atoms with van der Waals surface area (Å²) in [5, 5.41) is 9.30. The molecule has 0 bridgehead atoms. The number of fused-ring (bicyclic) bond motifs is 2. The van der Waals surface area contributed by atoms with E-state index in [1.54, 1.807) is 29.8 Å². The first kappa shape index (κ1) is 20.4. The van der Waals surface area contributed by atoms with Gasteiger partial charge in [-0.25, -0.2) is 4.98 Å². The predicted molar refractivity (Wildman–Crippen MR) is 113 cm³/mol. The summed E-state index contributed by atoms with van der Waals surface area (Å²) in [6.45, 7) is 0. The van der Waals surface area contributed by atoms with E-state index < -0.39 is 10.0 Å². The van der Waals surface area contributed by atoms with E-state index in [2.05, 4.69) is 19.9 Å². The highest BCUT2D eigenvalue weighted by atomic mass is 35.5. The van der Waals surface area contributed by atoms with Crippen molar-refractivity contribution in [3.8, 4) is 0 Å². The van der Waals surface area contributed by atoms with Crippen molar-refractivity contribution >= 4 is 67.7 Å². The zero-order valence-corrected chi connectivity index (χ0v) is 17.4. The molecule has 0 radical (unpaired) electrons. The number of nitrogens with one attached hydrogen (secondary N) is 1. The van der Waals surface area contributed by atoms with E-state index in [0.717, 1.165) is 16.8 Å². The van der Waals surface area contributed by atoms with Crippen LogP contribution in [0.5, 0.6) is 0 Å². The van der Waals surface area contributed by atoms with Crippen LogP contribution in [0.15, 0.2) is 45.0 Å². The minimum atomic E-state index is -3.91. The zero-order valence-electron chi connectivity index (χ0n) is 14.2. The van der Waals surface area contributed by atoms with Gasteiger partial charge in [-0.05, 0) is 30.5 Å². The molecule has 0 atom stereocenters. The van der Waals surface area contributed by atoms with Gasteiger partial charge in [0.25, 0.3) is 10.0 Å². The lowest BCUT2D eigenvalue weighted by Crippen LogP contribution is -2.22. The number of nitrogens with zero attached hydrogens (tertiary/aromatic N) is 4. The van der Waals surface area contributed by atoms with Crippen LogP contribution in [0.25, 0.3) is 4.96 Å². The number of guanidine groups is 1. The topological polar surface area (TPSA) is 140 Å². The highest BCUT2D eigenvalue weighted by molar-refractivity contribution is 7.92. The summed E-state index contributed by atoms with van der Waals surface area (Å²) in [6.07, 6.45) is 3.00. The maximum Gasteiger partial charge on any atom is 0.281 e. The van der Waals surface area contributed by atoms with Gasteiger partial charge in [0, 0.05) is 22.8 Å². The van der Waals surface area contributed by atoms with E-state index >= 15 is 0 Å². The van der Waals surface area contributed by atoms with Gasteiger partial charge in [0.1, 0.15) is 0 Å². The largest absolute Gasteiger partial charge is 0.369 e. The molecular weight excluding hydrogens is 445 g/mol. The number of aromatic nitrogens is 2. The van der Waals surface area contributed by atoms with Crippen LogP contribution in [-0.4, -0.2) is 29.5 Å². The standard InChI is InChI=1S/C15H14ClN7O2S2.ClH/c16-12-13(23-5-6-26-15(23)19-12)27(24,25)22-9-2-3-10-8(7-9)1-4-11(10)20-21-14(17)18;/h2-3,5-7,22H,1,4H2,(H4,17,18,21);1H/b20-11+;. The molecule has 148 valence electrons. The molecule has 1 aromatic carbocycles. The highest BCUT2D eigenvalue weighted by Crippen LogP contribution is 2.30. The monoisotopic (exact) mass is 459 g/mol. The van der Waals surface area contributed by atoms with E-state index in [4.69, 9.17) is 23.1 Å². The van der Waals surface area contributed by atoms with Crippen LogP contribution < -0.4 is 16.2 Å². The van der Waals surface area contributed by atoms with Crippen LogP contribution >= 0.6 is 35.3 Å². The molecule has 0 spiro atoms. The lowest BCUT2D eigenvalue weighted by atomic mass is 10.1. The molecule has 0 fully saturated rings. The fourth-order valence-electron chi connectivity index (χ4n) is 2.94. The smallest absolute Gasteiger partial charge is 0.281 e. The first-order valence-electron chi connectivity index (χ1n) is 7.78. The third kappa shape index (κ3) is 3.65. The summed E-state index contributed by atoms with van der Waals surface area (Å²) in [6, 6.07) is 5.22. The molecule has 0 aliphatic heterocycles. The summed E-state index contributed by atoms with van der Waals surface area (Å²) < 4.78 is 29.6. The normalized spacial score (nSPS) is 14.7. The van der Waals surface area contributed by atoms with Crippen molar-refractivity contribution in [1.29, 1.82) is 0 Å². The number of sulfonamides is 1. The van der Waals surface area contributed by atoms with Gasteiger partial charge in [0.2, 0.25) is 5.96 Å². The Morgan fingerprint density at radius 1 is 1.32 bits per heavy atom. The second-order valence-corrected chi connectivity index (χ2v) is 8.64. The molecule has 4 rings (SSSR count). The number of rotatable bonds is 4. The summed E-state index contributed by atoms with van der Waals surface area (Å²) >= 11 is 7.34. The molecule has 1 aliphatic rings. The van der Waals surface area contributed by atoms with Gasteiger partial charge in [0.05, 0.1) is 5.71 Å². The Hall–Kier alpha value is -2.34. The van der Waals surface area contributed by atoms with Crippen LogP contribution in [0.3, 0.4) is 0 Å². The minimum absolute atomic E-state index is 0. The van der Waals surface area contributed by atoms with Gasteiger partial charge in [-0.1, -0.05) is 17.7 Å². The molecule has 5 N–H and O–H groups in total. The summed E-state index contributed by atoms with van der Waals surface area (Å²) in [5.41, 5.74) is 13.6. The van der Waals surface area contributed by atoms with Gasteiger partial charge in [0.15, 0.2) is 15.1 Å². The van der Waals surface area contributed by atoms with Crippen molar-refractivity contribution in [2.75, 3.05) is 4.72 Å². The Balaban J connectivity index is 0.00000225. The Morgan fingerprint density at radius 2 is 2.11 bits per heavy atom. The summed E-state index contributed by atoms with van der Waals surface area (Å²) in [7, 11) is -3.91. The van der Waals surface area contributed by atoms with Gasteiger partial charge in [-0.15, -0.1) is 28.8 Å². The lowest BCUT2D eigenvalue weighted by Gasteiger charge is -2.09. The molecule has 0 amide bonds. The molecule has 0 saturated carbocycles. The molecule has 1 aliphatic carbocycles. The number of nitrogens with two attached hydrogens (primary N) is 2. The third-order valence-corrected chi connectivity index (χ3v) is 6.55. The molecule has 2 aromatic heterocycles. The Bertz CT molecular complexity index is 1210. The predicted octanol–water partition coefficient (Wildman–Crippen LogP) is 2.20. The highest BCUT2D eigenvalue weighted by Gasteiger charge is 2.26. The van der Waals surface area contributed by atoms with Crippen LogP contribution in [0.2, 0.25) is 5.15 Å². The van der Waals surface area contributed by atoms with Gasteiger partial charge >= 0.3 is 0 Å². The molecule has 3 aromatic rings.